The number of likely N-dealkylation sites (N-methyl/N-ethyl adjacent to an activating group) is 2. The molecule has 0 aromatic heterocycles. The Morgan fingerprint density at radius 3 is 1.53 bits per heavy atom. The van der Waals surface area contributed by atoms with Crippen molar-refractivity contribution in [1.82, 2.24) is 13.7 Å². The van der Waals surface area contributed by atoms with E-state index in [-0.39, 0.29) is 0 Å². The molecule has 0 radical (unpaired) electrons. The molecule has 1 rings (SSSR count). The van der Waals surface area contributed by atoms with Gasteiger partial charge in [0, 0.05) is 13.1 Å². The molecule has 0 unspecified atom stereocenters. The molecular weight excluding hydrogens is 265 g/mol. The van der Waals surface area contributed by atoms with E-state index in [0.717, 1.165) is 13.1 Å². The van der Waals surface area contributed by atoms with Crippen LogP contribution in [0.1, 0.15) is 0 Å². The monoisotopic (exact) mass is 293 g/mol. The smallest absolute Gasteiger partial charge is 0.206 e. The summed E-state index contributed by atoms with van der Waals surface area (Å²) in [4.78, 5) is 0. The summed E-state index contributed by atoms with van der Waals surface area (Å²) in [6.07, 6.45) is 0. The maximum atomic E-state index is 6.44. The van der Waals surface area contributed by atoms with E-state index in [9.17, 15) is 0 Å². The highest BCUT2D eigenvalue weighted by molar-refractivity contribution is 7.47. The number of hydrogen-bond donors (Lipinski definition) is 0. The van der Waals surface area contributed by atoms with Crippen molar-refractivity contribution in [2.75, 3.05) is 27.2 Å². The van der Waals surface area contributed by atoms with Crippen LogP contribution in [0.3, 0.4) is 0 Å². The Morgan fingerprint density at radius 2 is 1.24 bits per heavy atom. The largest absolute Gasteiger partial charge is 0.257 e. The molecule has 0 N–H and O–H groups in total. The molecule has 1 saturated heterocycles. The van der Waals surface area contributed by atoms with Gasteiger partial charge in [0.1, 0.15) is 16.5 Å². The molecular formula is C10H28N3OPSi2. The lowest BCUT2D eigenvalue weighted by molar-refractivity contribution is 0.107. The zero-order valence-electron chi connectivity index (χ0n) is 12.6. The fourth-order valence-electron chi connectivity index (χ4n) is 2.17. The molecule has 0 aromatic rings. The second kappa shape index (κ2) is 5.37. The molecule has 0 atom stereocenters. The summed E-state index contributed by atoms with van der Waals surface area (Å²) in [5.74, 6) is 0. The van der Waals surface area contributed by atoms with Crippen molar-refractivity contribution in [3.8, 4) is 0 Å². The van der Waals surface area contributed by atoms with Crippen LogP contribution >= 0.6 is 8.45 Å². The van der Waals surface area contributed by atoms with E-state index in [0.29, 0.717) is 0 Å². The Kier molecular flexibility index (Phi) is 4.98. The van der Waals surface area contributed by atoms with Crippen LogP contribution in [0.4, 0.5) is 0 Å². The predicted octanol–water partition coefficient (Wildman–Crippen LogP) is 2.99. The standard InChI is InChI=1S/C10H28N3OPSi2/c1-11-9-10-12(2)15(11)14-13(16(3,4)5)17(6,7)8/h9-10H2,1-8H3. The number of hydrogen-bond acceptors (Lipinski definition) is 4. The summed E-state index contributed by atoms with van der Waals surface area (Å²) in [6.45, 7) is 16.5. The predicted molar refractivity (Wildman–Crippen MR) is 81.8 cm³/mol. The number of nitrogens with zero attached hydrogens (tertiary/aromatic N) is 3. The zero-order chi connectivity index (χ0) is 13.4. The minimum absolute atomic E-state index is 0.573. The van der Waals surface area contributed by atoms with E-state index >= 15 is 0 Å². The van der Waals surface area contributed by atoms with E-state index < -0.39 is 24.9 Å². The Morgan fingerprint density at radius 1 is 0.882 bits per heavy atom. The minimum Gasteiger partial charge on any atom is -0.257 e. The van der Waals surface area contributed by atoms with Crippen molar-refractivity contribution >= 4 is 24.9 Å². The minimum atomic E-state index is -1.41. The van der Waals surface area contributed by atoms with Crippen molar-refractivity contribution in [2.45, 2.75) is 39.3 Å². The van der Waals surface area contributed by atoms with Gasteiger partial charge in [0.05, 0.1) is 0 Å². The van der Waals surface area contributed by atoms with E-state index in [4.69, 9.17) is 4.62 Å². The van der Waals surface area contributed by atoms with Crippen molar-refractivity contribution < 1.29 is 4.62 Å². The summed E-state index contributed by atoms with van der Waals surface area (Å²) in [7, 11) is 0.937. The van der Waals surface area contributed by atoms with Gasteiger partial charge >= 0.3 is 0 Å². The van der Waals surface area contributed by atoms with Gasteiger partial charge in [-0.1, -0.05) is 39.3 Å². The third-order valence-corrected chi connectivity index (χ3v) is 11.5. The molecule has 1 fully saturated rings. The van der Waals surface area contributed by atoms with Gasteiger partial charge in [-0.2, -0.15) is 0 Å². The normalized spacial score (nSPS) is 21.7. The van der Waals surface area contributed by atoms with Crippen molar-refractivity contribution in [1.29, 1.82) is 0 Å². The second-order valence-corrected chi connectivity index (χ2v) is 18.7. The summed E-state index contributed by atoms with van der Waals surface area (Å²) in [5.41, 5.74) is 0. The lowest BCUT2D eigenvalue weighted by Gasteiger charge is -2.44. The molecule has 102 valence electrons. The van der Waals surface area contributed by atoms with E-state index in [1.54, 1.807) is 0 Å². The van der Waals surface area contributed by atoms with Crippen LogP contribution in [-0.2, 0) is 4.62 Å². The van der Waals surface area contributed by atoms with Gasteiger partial charge in [-0.3, -0.25) is 4.62 Å². The molecule has 0 bridgehead atoms. The first-order valence-corrected chi connectivity index (χ1v) is 14.3. The molecule has 0 spiro atoms. The number of rotatable bonds is 4. The van der Waals surface area contributed by atoms with Gasteiger partial charge < -0.3 is 0 Å². The van der Waals surface area contributed by atoms with Crippen molar-refractivity contribution in [3.05, 3.63) is 0 Å². The van der Waals surface area contributed by atoms with Gasteiger partial charge in [0.15, 0.2) is 0 Å². The summed E-state index contributed by atoms with van der Waals surface area (Å²) in [5, 5.41) is 0. The first-order chi connectivity index (χ1) is 7.53. The van der Waals surface area contributed by atoms with Gasteiger partial charge in [-0.15, -0.1) is 0 Å². The van der Waals surface area contributed by atoms with Crippen molar-refractivity contribution in [2.24, 2.45) is 0 Å². The summed E-state index contributed by atoms with van der Waals surface area (Å²) >= 11 is 0. The van der Waals surface area contributed by atoms with Crippen LogP contribution in [-0.4, -0.2) is 57.4 Å². The molecule has 4 nitrogen and oxygen atoms in total. The second-order valence-electron chi connectivity index (χ2n) is 6.73. The molecule has 0 amide bonds. The third kappa shape index (κ3) is 4.09. The highest BCUT2D eigenvalue weighted by atomic mass is 31.2. The topological polar surface area (TPSA) is 19.0 Å². The van der Waals surface area contributed by atoms with Crippen LogP contribution in [0, 0.1) is 0 Å². The molecule has 1 aliphatic rings. The summed E-state index contributed by atoms with van der Waals surface area (Å²) < 4.78 is 13.6. The maximum absolute atomic E-state index is 6.44. The lowest BCUT2D eigenvalue weighted by Crippen LogP contribution is -2.58. The average Bonchev–Trinajstić information content (AvgIpc) is 2.39. The Labute approximate surface area is 110 Å². The van der Waals surface area contributed by atoms with Crippen LogP contribution in [0.5, 0.6) is 0 Å². The molecule has 1 heterocycles. The van der Waals surface area contributed by atoms with Gasteiger partial charge in [0.25, 0.3) is 0 Å². The fourth-order valence-corrected chi connectivity index (χ4v) is 14.1. The highest BCUT2D eigenvalue weighted by Gasteiger charge is 2.40. The molecule has 0 aromatic carbocycles. The Hall–Kier alpha value is 0.704. The van der Waals surface area contributed by atoms with E-state index in [2.05, 4.69) is 67.1 Å². The fraction of sp³-hybridized carbons (Fsp3) is 1.00. The zero-order valence-corrected chi connectivity index (χ0v) is 15.5. The maximum Gasteiger partial charge on any atom is 0.206 e. The van der Waals surface area contributed by atoms with Gasteiger partial charge in [-0.05, 0) is 14.1 Å². The van der Waals surface area contributed by atoms with Crippen LogP contribution in [0.15, 0.2) is 0 Å². The Bertz CT molecular complexity index is 243. The van der Waals surface area contributed by atoms with Gasteiger partial charge in [-0.25, -0.2) is 13.7 Å². The first kappa shape index (κ1) is 15.8. The Balaban J connectivity index is 2.80. The molecule has 1 aliphatic heterocycles. The quantitative estimate of drug-likeness (QED) is 0.450. The molecule has 0 saturated carbocycles. The first-order valence-electron chi connectivity index (χ1n) is 6.24. The summed E-state index contributed by atoms with van der Waals surface area (Å²) in [6, 6.07) is 0. The SMILES string of the molecule is CN1CCN(C)P1ON([Si](C)(C)C)[Si](C)(C)C. The van der Waals surface area contributed by atoms with Crippen LogP contribution < -0.4 is 0 Å². The van der Waals surface area contributed by atoms with Gasteiger partial charge in [0.2, 0.25) is 8.45 Å². The molecule has 7 heteroatoms. The average molecular weight is 294 g/mol. The van der Waals surface area contributed by atoms with Crippen LogP contribution in [0.25, 0.3) is 0 Å². The van der Waals surface area contributed by atoms with Crippen LogP contribution in [0.2, 0.25) is 39.3 Å². The van der Waals surface area contributed by atoms with E-state index in [1.807, 2.05) is 0 Å². The molecule has 0 aliphatic carbocycles. The van der Waals surface area contributed by atoms with Crippen molar-refractivity contribution in [3.63, 3.8) is 0 Å². The third-order valence-electron chi connectivity index (χ3n) is 2.70. The lowest BCUT2D eigenvalue weighted by atomic mass is 10.6. The highest BCUT2D eigenvalue weighted by Crippen LogP contribution is 2.49. The molecule has 17 heavy (non-hydrogen) atoms. The van der Waals surface area contributed by atoms with E-state index in [1.165, 1.54) is 0 Å².